The zero-order valence-electron chi connectivity index (χ0n) is 17.3. The van der Waals surface area contributed by atoms with Gasteiger partial charge >= 0.3 is 6.18 Å². The van der Waals surface area contributed by atoms with Crippen LogP contribution in [0.25, 0.3) is 0 Å². The molecule has 6 nitrogen and oxygen atoms in total. The highest BCUT2D eigenvalue weighted by Crippen LogP contribution is 2.30. The zero-order chi connectivity index (χ0) is 22.5. The van der Waals surface area contributed by atoms with Crippen molar-refractivity contribution in [3.8, 4) is 6.01 Å². The van der Waals surface area contributed by atoms with Crippen molar-refractivity contribution in [3.63, 3.8) is 0 Å². The highest BCUT2D eigenvalue weighted by Gasteiger charge is 2.30. The second-order valence-corrected chi connectivity index (χ2v) is 7.65. The molecule has 1 unspecified atom stereocenters. The van der Waals surface area contributed by atoms with Gasteiger partial charge in [-0.05, 0) is 37.5 Å². The average Bonchev–Trinajstić information content (AvgIpc) is 2.66. The van der Waals surface area contributed by atoms with Gasteiger partial charge in [-0.15, -0.1) is 0 Å². The van der Waals surface area contributed by atoms with Crippen LogP contribution in [-0.4, -0.2) is 35.1 Å². The minimum Gasteiger partial charge on any atom is -0.465 e. The maximum absolute atomic E-state index is 12.7. The topological polar surface area (TPSA) is 81.3 Å². The number of aromatic amines is 1. The van der Waals surface area contributed by atoms with Crippen LogP contribution in [0.5, 0.6) is 6.01 Å². The first-order chi connectivity index (χ1) is 13.9. The van der Waals surface area contributed by atoms with E-state index < -0.39 is 28.7 Å². The minimum atomic E-state index is -4.42. The van der Waals surface area contributed by atoms with Gasteiger partial charge in [0.1, 0.15) is 5.69 Å². The summed E-state index contributed by atoms with van der Waals surface area (Å²) in [4.78, 5) is 30.9. The van der Waals surface area contributed by atoms with Gasteiger partial charge in [0.15, 0.2) is 5.78 Å². The molecule has 2 aromatic rings. The Morgan fingerprint density at radius 2 is 1.83 bits per heavy atom. The van der Waals surface area contributed by atoms with E-state index in [-0.39, 0.29) is 30.7 Å². The quantitative estimate of drug-likeness (QED) is 0.603. The van der Waals surface area contributed by atoms with Crippen LogP contribution < -0.4 is 10.3 Å². The number of aromatic nitrogens is 2. The van der Waals surface area contributed by atoms with Gasteiger partial charge in [-0.1, -0.05) is 19.1 Å². The molecule has 2 rings (SSSR count). The fraction of sp³-hybridized carbons (Fsp3) is 0.476. The third-order valence-corrected chi connectivity index (χ3v) is 4.80. The van der Waals surface area contributed by atoms with Gasteiger partial charge in [0.05, 0.1) is 17.8 Å². The highest BCUT2D eigenvalue weighted by atomic mass is 19.4. The van der Waals surface area contributed by atoms with Crippen LogP contribution in [0.3, 0.4) is 0 Å². The summed E-state index contributed by atoms with van der Waals surface area (Å²) in [5.41, 5.74) is -1.17. The van der Waals surface area contributed by atoms with Crippen molar-refractivity contribution >= 4 is 5.78 Å². The summed E-state index contributed by atoms with van der Waals surface area (Å²) in [6, 6.07) is 5.66. The number of hydrogen-bond donors (Lipinski definition) is 1. The van der Waals surface area contributed by atoms with Gasteiger partial charge in [-0.2, -0.15) is 18.2 Å². The molecule has 30 heavy (non-hydrogen) atoms. The summed E-state index contributed by atoms with van der Waals surface area (Å²) in [6.07, 6.45) is -3.89. The second kappa shape index (κ2) is 9.42. The van der Waals surface area contributed by atoms with Crippen molar-refractivity contribution in [1.29, 1.82) is 0 Å². The molecule has 1 aromatic carbocycles. The smallest absolute Gasteiger partial charge is 0.416 e. The summed E-state index contributed by atoms with van der Waals surface area (Å²) >= 11 is 0. The van der Waals surface area contributed by atoms with E-state index in [0.29, 0.717) is 12.0 Å². The second-order valence-electron chi connectivity index (χ2n) is 7.65. The molecule has 0 saturated carbocycles. The molecule has 0 bridgehead atoms. The fourth-order valence-corrected chi connectivity index (χ4v) is 2.64. The van der Waals surface area contributed by atoms with Crippen LogP contribution in [0, 0.1) is 0 Å². The number of carbonyl (C=O) groups is 1. The highest BCUT2D eigenvalue weighted by molar-refractivity contribution is 5.94. The van der Waals surface area contributed by atoms with Crippen LogP contribution in [-0.2, 0) is 10.9 Å². The number of H-pyrrole nitrogens is 1. The van der Waals surface area contributed by atoms with Crippen LogP contribution in [0.15, 0.2) is 35.1 Å². The number of halogens is 3. The van der Waals surface area contributed by atoms with E-state index in [4.69, 9.17) is 9.47 Å². The minimum absolute atomic E-state index is 0.0159. The third-order valence-electron chi connectivity index (χ3n) is 4.80. The van der Waals surface area contributed by atoms with Gasteiger partial charge in [0.25, 0.3) is 11.6 Å². The molecule has 0 aliphatic carbocycles. The largest absolute Gasteiger partial charge is 0.465 e. The molecular formula is C21H25F3N2O4. The van der Waals surface area contributed by atoms with Crippen molar-refractivity contribution in [1.82, 2.24) is 9.97 Å². The number of nitrogens with one attached hydrogen (secondary N) is 1. The number of alkyl halides is 3. The van der Waals surface area contributed by atoms with E-state index in [1.165, 1.54) is 12.1 Å². The van der Waals surface area contributed by atoms with Gasteiger partial charge in [-0.25, -0.2) is 0 Å². The summed E-state index contributed by atoms with van der Waals surface area (Å²) in [5, 5.41) is 0. The van der Waals surface area contributed by atoms with Crippen LogP contribution in [0.2, 0.25) is 0 Å². The normalized spacial score (nSPS) is 13.2. The molecule has 0 spiro atoms. The maximum Gasteiger partial charge on any atom is 0.416 e. The summed E-state index contributed by atoms with van der Waals surface area (Å²) in [6.45, 7) is 5.71. The first kappa shape index (κ1) is 23.6. The molecule has 0 amide bonds. The summed E-state index contributed by atoms with van der Waals surface area (Å²) in [7, 11) is 1.58. The number of methoxy groups -OCH3 is 1. The lowest BCUT2D eigenvalue weighted by Gasteiger charge is -2.22. The lowest BCUT2D eigenvalue weighted by Crippen LogP contribution is -2.26. The average molecular weight is 426 g/mol. The first-order valence-corrected chi connectivity index (χ1v) is 9.41. The maximum atomic E-state index is 12.7. The molecule has 1 N–H and O–H groups in total. The molecule has 0 saturated heterocycles. The van der Waals surface area contributed by atoms with Gasteiger partial charge in [0, 0.05) is 26.0 Å². The standard InChI is InChI=1S/C21H25F3N2O4/c1-13(14-5-7-15(8-6-14)21(22,23)24)11-17(27)16-12-18(28)26-19(25-16)30-10-9-20(2,3)29-4/h5-8,12-13H,9-11H2,1-4H3,(H,25,26,28). The van der Waals surface area contributed by atoms with E-state index in [0.717, 1.165) is 18.2 Å². The summed E-state index contributed by atoms with van der Waals surface area (Å²) < 4.78 is 48.8. The Morgan fingerprint density at radius 3 is 2.40 bits per heavy atom. The third kappa shape index (κ3) is 6.69. The fourth-order valence-electron chi connectivity index (χ4n) is 2.64. The molecule has 9 heteroatoms. The number of carbonyl (C=O) groups excluding carboxylic acids is 1. The predicted molar refractivity (Wildman–Crippen MR) is 105 cm³/mol. The van der Waals surface area contributed by atoms with Crippen molar-refractivity contribution in [2.45, 2.75) is 51.3 Å². The molecular weight excluding hydrogens is 401 g/mol. The molecule has 1 atom stereocenters. The van der Waals surface area contributed by atoms with E-state index >= 15 is 0 Å². The van der Waals surface area contributed by atoms with Crippen LogP contribution in [0.1, 0.15) is 61.1 Å². The number of nitrogens with zero attached hydrogens (tertiary/aromatic N) is 1. The number of ketones is 1. The van der Waals surface area contributed by atoms with Crippen molar-refractivity contribution in [3.05, 3.63) is 57.5 Å². The lowest BCUT2D eigenvalue weighted by atomic mass is 9.94. The van der Waals surface area contributed by atoms with E-state index in [1.54, 1.807) is 14.0 Å². The first-order valence-electron chi connectivity index (χ1n) is 9.41. The molecule has 1 heterocycles. The molecule has 0 fully saturated rings. The van der Waals surface area contributed by atoms with Gasteiger partial charge in [-0.3, -0.25) is 14.6 Å². The predicted octanol–water partition coefficient (Wildman–Crippen LogP) is 4.36. The van der Waals surface area contributed by atoms with Crippen molar-refractivity contribution in [2.75, 3.05) is 13.7 Å². The molecule has 0 aliphatic rings. The Morgan fingerprint density at radius 1 is 1.20 bits per heavy atom. The number of ether oxygens (including phenoxy) is 2. The Labute approximate surface area is 172 Å². The van der Waals surface area contributed by atoms with E-state index in [9.17, 15) is 22.8 Å². The van der Waals surface area contributed by atoms with Crippen LogP contribution >= 0.6 is 0 Å². The number of benzene rings is 1. The van der Waals surface area contributed by atoms with E-state index in [1.807, 2.05) is 13.8 Å². The molecule has 164 valence electrons. The Balaban J connectivity index is 2.05. The SMILES string of the molecule is COC(C)(C)CCOc1nc(C(=O)CC(C)c2ccc(C(F)(F)F)cc2)cc(=O)[nH]1. The van der Waals surface area contributed by atoms with Crippen LogP contribution in [0.4, 0.5) is 13.2 Å². The van der Waals surface area contributed by atoms with E-state index in [2.05, 4.69) is 9.97 Å². The van der Waals surface area contributed by atoms with Gasteiger partial charge < -0.3 is 9.47 Å². The van der Waals surface area contributed by atoms with Crippen molar-refractivity contribution in [2.24, 2.45) is 0 Å². The monoisotopic (exact) mass is 426 g/mol. The van der Waals surface area contributed by atoms with Gasteiger partial charge in [0.2, 0.25) is 0 Å². The number of hydrogen-bond acceptors (Lipinski definition) is 5. The molecule has 0 radical (unpaired) electrons. The Kier molecular flexibility index (Phi) is 7.41. The number of rotatable bonds is 9. The lowest BCUT2D eigenvalue weighted by molar-refractivity contribution is -0.137. The molecule has 1 aromatic heterocycles. The number of Topliss-reactive ketones (excluding diaryl/α,β-unsaturated/α-hetero) is 1. The Hall–Kier alpha value is -2.68. The molecule has 0 aliphatic heterocycles. The zero-order valence-corrected chi connectivity index (χ0v) is 17.3. The Bertz CT molecular complexity index is 921. The summed E-state index contributed by atoms with van der Waals surface area (Å²) in [5.74, 6) is -0.761. The van der Waals surface area contributed by atoms with Crippen molar-refractivity contribution < 1.29 is 27.4 Å².